The van der Waals surface area contributed by atoms with Crippen LogP contribution in [0.15, 0.2) is 57.9 Å². The minimum absolute atomic E-state index is 0.191. The van der Waals surface area contributed by atoms with Crippen molar-refractivity contribution in [1.29, 1.82) is 0 Å². The molecule has 7 heteroatoms. The molecule has 1 fully saturated rings. The molecule has 0 spiro atoms. The van der Waals surface area contributed by atoms with Crippen molar-refractivity contribution in [3.8, 4) is 0 Å². The number of rotatable bonds is 3. The third kappa shape index (κ3) is 3.14. The Hall–Kier alpha value is -1.28. The van der Waals surface area contributed by atoms with Crippen molar-refractivity contribution < 1.29 is 8.42 Å². The highest BCUT2D eigenvalue weighted by Gasteiger charge is 2.36. The molecule has 4 rings (SSSR count). The van der Waals surface area contributed by atoms with Crippen molar-refractivity contribution in [2.75, 3.05) is 6.54 Å². The molecule has 1 atom stereocenters. The first-order chi connectivity index (χ1) is 12.1. The summed E-state index contributed by atoms with van der Waals surface area (Å²) < 4.78 is 29.9. The van der Waals surface area contributed by atoms with Gasteiger partial charge >= 0.3 is 0 Å². The van der Waals surface area contributed by atoms with Crippen LogP contribution in [0.25, 0.3) is 10.2 Å². The lowest BCUT2D eigenvalue weighted by Gasteiger charge is -2.33. The van der Waals surface area contributed by atoms with Gasteiger partial charge in [0.1, 0.15) is 5.01 Å². The number of halogens is 1. The molecule has 1 saturated heterocycles. The molecule has 0 bridgehead atoms. The van der Waals surface area contributed by atoms with E-state index in [4.69, 9.17) is 4.98 Å². The van der Waals surface area contributed by atoms with Crippen LogP contribution >= 0.6 is 27.3 Å². The van der Waals surface area contributed by atoms with Gasteiger partial charge in [-0.3, -0.25) is 0 Å². The number of fused-ring (bicyclic) bond motifs is 1. The smallest absolute Gasteiger partial charge is 0.239 e. The molecule has 1 aliphatic rings. The minimum Gasteiger partial charge on any atom is -0.239 e. The van der Waals surface area contributed by atoms with Crippen molar-refractivity contribution in [3.63, 3.8) is 0 Å². The highest BCUT2D eigenvalue weighted by molar-refractivity contribution is 9.10. The quantitative estimate of drug-likeness (QED) is 0.581. The number of thiazole rings is 1. The lowest BCUT2D eigenvalue weighted by Crippen LogP contribution is -2.38. The molecule has 0 saturated carbocycles. The fourth-order valence-electron chi connectivity index (χ4n) is 3.25. The molecule has 130 valence electrons. The summed E-state index contributed by atoms with van der Waals surface area (Å²) in [4.78, 5) is 5.04. The lowest BCUT2D eigenvalue weighted by atomic mass is 10.1. The van der Waals surface area contributed by atoms with Gasteiger partial charge in [-0.1, -0.05) is 30.7 Å². The molecule has 0 N–H and O–H groups in total. The Morgan fingerprint density at radius 1 is 1.08 bits per heavy atom. The molecule has 25 heavy (non-hydrogen) atoms. The van der Waals surface area contributed by atoms with E-state index in [0.717, 1.165) is 34.5 Å². The monoisotopic (exact) mass is 436 g/mol. The zero-order valence-corrected chi connectivity index (χ0v) is 16.6. The number of para-hydroxylation sites is 1. The second-order valence-electron chi connectivity index (χ2n) is 6.08. The van der Waals surface area contributed by atoms with Gasteiger partial charge in [-0.25, -0.2) is 13.4 Å². The maximum Gasteiger partial charge on any atom is 0.244 e. The maximum atomic E-state index is 13.3. The van der Waals surface area contributed by atoms with Gasteiger partial charge in [0.2, 0.25) is 10.0 Å². The molecular weight excluding hydrogens is 420 g/mol. The van der Waals surface area contributed by atoms with Crippen molar-refractivity contribution in [1.82, 2.24) is 9.29 Å². The molecule has 1 aromatic heterocycles. The molecule has 1 aliphatic heterocycles. The fourth-order valence-corrected chi connectivity index (χ4v) is 7.06. The van der Waals surface area contributed by atoms with Crippen molar-refractivity contribution in [2.24, 2.45) is 0 Å². The number of nitrogens with zero attached hydrogens (tertiary/aromatic N) is 2. The maximum absolute atomic E-state index is 13.3. The zero-order chi connectivity index (χ0) is 17.4. The average Bonchev–Trinajstić information content (AvgIpc) is 3.06. The Bertz CT molecular complexity index is 984. The largest absolute Gasteiger partial charge is 0.244 e. The summed E-state index contributed by atoms with van der Waals surface area (Å²) in [5.74, 6) is 0. The van der Waals surface area contributed by atoms with E-state index >= 15 is 0 Å². The molecule has 3 aromatic rings. The summed E-state index contributed by atoms with van der Waals surface area (Å²) in [5.41, 5.74) is 0.936. The van der Waals surface area contributed by atoms with E-state index < -0.39 is 10.0 Å². The first kappa shape index (κ1) is 17.1. The van der Waals surface area contributed by atoms with Crippen LogP contribution < -0.4 is 0 Å². The van der Waals surface area contributed by atoms with E-state index in [1.807, 2.05) is 30.3 Å². The molecule has 1 unspecified atom stereocenters. The lowest BCUT2D eigenvalue weighted by molar-refractivity contribution is 0.255. The summed E-state index contributed by atoms with van der Waals surface area (Å²) in [5, 5.41) is 0.886. The first-order valence-electron chi connectivity index (χ1n) is 8.19. The predicted molar refractivity (Wildman–Crippen MR) is 104 cm³/mol. The molecule has 0 amide bonds. The third-order valence-corrected chi connectivity index (χ3v) is 8.53. The van der Waals surface area contributed by atoms with Crippen LogP contribution in [0.2, 0.25) is 0 Å². The number of piperidine rings is 1. The summed E-state index contributed by atoms with van der Waals surface area (Å²) in [6.45, 7) is 0.532. The van der Waals surface area contributed by atoms with Gasteiger partial charge in [0, 0.05) is 11.0 Å². The van der Waals surface area contributed by atoms with Gasteiger partial charge in [-0.15, -0.1) is 11.3 Å². The SMILES string of the molecule is O=S(=O)(c1ccccc1Br)N1CCCCC1c1nc2ccccc2s1. The van der Waals surface area contributed by atoms with Gasteiger partial charge < -0.3 is 0 Å². The van der Waals surface area contributed by atoms with Crippen LogP contribution in [-0.2, 0) is 10.0 Å². The van der Waals surface area contributed by atoms with E-state index in [0.29, 0.717) is 15.9 Å². The van der Waals surface area contributed by atoms with Crippen LogP contribution in [0.1, 0.15) is 30.3 Å². The number of hydrogen-bond acceptors (Lipinski definition) is 4. The Balaban J connectivity index is 1.78. The van der Waals surface area contributed by atoms with Crippen molar-refractivity contribution in [2.45, 2.75) is 30.2 Å². The van der Waals surface area contributed by atoms with Crippen LogP contribution in [0.3, 0.4) is 0 Å². The molecule has 4 nitrogen and oxygen atoms in total. The molecule has 0 aliphatic carbocycles. The van der Waals surface area contributed by atoms with Gasteiger partial charge in [0.25, 0.3) is 0 Å². The third-order valence-electron chi connectivity index (χ3n) is 4.47. The summed E-state index contributed by atoms with van der Waals surface area (Å²) in [6, 6.07) is 14.8. The average molecular weight is 437 g/mol. The molecular formula is C18H17BrN2O2S2. The van der Waals surface area contributed by atoms with Crippen LogP contribution in [0, 0.1) is 0 Å². The Kier molecular flexibility index (Phi) is 4.66. The highest BCUT2D eigenvalue weighted by atomic mass is 79.9. The number of sulfonamides is 1. The summed E-state index contributed by atoms with van der Waals surface area (Å²) in [6.07, 6.45) is 2.71. The Morgan fingerprint density at radius 2 is 1.84 bits per heavy atom. The van der Waals surface area contributed by atoms with E-state index in [1.54, 1.807) is 33.8 Å². The first-order valence-corrected chi connectivity index (χ1v) is 11.2. The minimum atomic E-state index is -3.57. The number of aromatic nitrogens is 1. The van der Waals surface area contributed by atoms with E-state index in [9.17, 15) is 8.42 Å². The Morgan fingerprint density at radius 3 is 2.64 bits per heavy atom. The van der Waals surface area contributed by atoms with E-state index in [-0.39, 0.29) is 6.04 Å². The zero-order valence-electron chi connectivity index (χ0n) is 13.4. The van der Waals surface area contributed by atoms with Crippen molar-refractivity contribution >= 4 is 47.5 Å². The van der Waals surface area contributed by atoms with Gasteiger partial charge in [0.05, 0.1) is 21.2 Å². The number of hydrogen-bond donors (Lipinski definition) is 0. The van der Waals surface area contributed by atoms with E-state index in [2.05, 4.69) is 15.9 Å². The van der Waals surface area contributed by atoms with Gasteiger partial charge in [-0.2, -0.15) is 4.31 Å². The predicted octanol–water partition coefficient (Wildman–Crippen LogP) is 4.97. The standard InChI is InChI=1S/C18H17BrN2O2S2/c19-13-7-1-4-11-17(13)25(22,23)21-12-6-5-9-15(21)18-20-14-8-2-3-10-16(14)24-18/h1-4,7-8,10-11,15H,5-6,9,12H2. The van der Waals surface area contributed by atoms with Crippen LogP contribution in [0.5, 0.6) is 0 Å². The topological polar surface area (TPSA) is 50.3 Å². The second-order valence-corrected chi connectivity index (χ2v) is 9.85. The second kappa shape index (κ2) is 6.79. The van der Waals surface area contributed by atoms with Crippen LogP contribution in [0.4, 0.5) is 0 Å². The van der Waals surface area contributed by atoms with Gasteiger partial charge in [-0.05, 0) is 53.0 Å². The molecule has 2 aromatic carbocycles. The summed E-state index contributed by atoms with van der Waals surface area (Å²) >= 11 is 4.98. The van der Waals surface area contributed by atoms with Gasteiger partial charge in [0.15, 0.2) is 0 Å². The van der Waals surface area contributed by atoms with Crippen molar-refractivity contribution in [3.05, 3.63) is 58.0 Å². The summed E-state index contributed by atoms with van der Waals surface area (Å²) in [7, 11) is -3.57. The molecule has 2 heterocycles. The fraction of sp³-hybridized carbons (Fsp3) is 0.278. The normalized spacial score (nSPS) is 19.3. The Labute approximate surface area is 159 Å². The van der Waals surface area contributed by atoms with Crippen LogP contribution in [-0.4, -0.2) is 24.3 Å². The highest BCUT2D eigenvalue weighted by Crippen LogP contribution is 2.39. The molecule has 0 radical (unpaired) electrons. The number of benzene rings is 2. The van der Waals surface area contributed by atoms with E-state index in [1.165, 1.54) is 0 Å².